The monoisotopic (exact) mass is 529 g/mol. The summed E-state index contributed by atoms with van der Waals surface area (Å²) in [5, 5.41) is -1.19. The van der Waals surface area contributed by atoms with Gasteiger partial charge >= 0.3 is 0 Å². The van der Waals surface area contributed by atoms with Crippen molar-refractivity contribution in [3.8, 4) is 11.5 Å². The summed E-state index contributed by atoms with van der Waals surface area (Å²) in [6.45, 7) is 9.29. The van der Waals surface area contributed by atoms with Gasteiger partial charge in [-0.3, -0.25) is 4.79 Å². The molecule has 1 amide bonds. The van der Waals surface area contributed by atoms with Crippen molar-refractivity contribution >= 4 is 33.0 Å². The van der Waals surface area contributed by atoms with E-state index in [0.717, 1.165) is 16.4 Å². The molecule has 0 spiro atoms. The molecule has 2 fully saturated rings. The number of hydrogen-bond donors (Lipinski definition) is 0. The SMILES string of the molecule is CCCCN1C(=O)C(=Nc2cc(OCC)c(N3CCOCC3)cc2OCC)C(c2ccccc2)S1(=O)=O. The van der Waals surface area contributed by atoms with Gasteiger partial charge in [0.2, 0.25) is 0 Å². The first-order valence-electron chi connectivity index (χ1n) is 12.9. The zero-order chi connectivity index (χ0) is 26.4. The van der Waals surface area contributed by atoms with E-state index in [4.69, 9.17) is 19.2 Å². The lowest BCUT2D eigenvalue weighted by Gasteiger charge is -2.30. The van der Waals surface area contributed by atoms with Crippen molar-refractivity contribution in [1.29, 1.82) is 0 Å². The molecule has 4 rings (SSSR count). The van der Waals surface area contributed by atoms with Crippen LogP contribution < -0.4 is 14.4 Å². The second kappa shape index (κ2) is 12.0. The second-order valence-electron chi connectivity index (χ2n) is 8.82. The van der Waals surface area contributed by atoms with Gasteiger partial charge in [0.15, 0.2) is 5.25 Å². The normalized spacial score (nSPS) is 20.5. The molecule has 2 heterocycles. The van der Waals surface area contributed by atoms with Crippen LogP contribution in [0.25, 0.3) is 0 Å². The zero-order valence-electron chi connectivity index (χ0n) is 21.7. The molecule has 2 aromatic rings. The highest BCUT2D eigenvalue weighted by atomic mass is 32.2. The Hall–Kier alpha value is -3.11. The molecule has 1 atom stereocenters. The number of ether oxygens (including phenoxy) is 3. The third-order valence-corrected chi connectivity index (χ3v) is 8.40. The number of carbonyl (C=O) groups is 1. The summed E-state index contributed by atoms with van der Waals surface area (Å²) in [7, 11) is -3.98. The Morgan fingerprint density at radius 1 is 1.00 bits per heavy atom. The molecule has 0 bridgehead atoms. The van der Waals surface area contributed by atoms with Gasteiger partial charge in [0.25, 0.3) is 15.9 Å². The van der Waals surface area contributed by atoms with Gasteiger partial charge in [-0.05, 0) is 25.8 Å². The van der Waals surface area contributed by atoms with E-state index in [0.29, 0.717) is 68.7 Å². The van der Waals surface area contributed by atoms with Crippen LogP contribution in [0.2, 0.25) is 0 Å². The Labute approximate surface area is 219 Å². The van der Waals surface area contributed by atoms with Crippen molar-refractivity contribution in [2.75, 3.05) is 51.0 Å². The molecule has 9 nitrogen and oxygen atoms in total. The molecule has 200 valence electrons. The maximum atomic E-state index is 13.6. The summed E-state index contributed by atoms with van der Waals surface area (Å²) in [4.78, 5) is 20.4. The van der Waals surface area contributed by atoms with Crippen LogP contribution >= 0.6 is 0 Å². The summed E-state index contributed by atoms with van der Waals surface area (Å²) in [5.74, 6) is 0.462. The predicted molar refractivity (Wildman–Crippen MR) is 144 cm³/mol. The van der Waals surface area contributed by atoms with E-state index in [1.807, 2.05) is 32.9 Å². The number of anilines is 1. The molecular formula is C27H35N3O6S. The van der Waals surface area contributed by atoms with Crippen LogP contribution in [0.5, 0.6) is 11.5 Å². The first kappa shape index (κ1) is 26.9. The minimum Gasteiger partial charge on any atom is -0.492 e. The van der Waals surface area contributed by atoms with Crippen molar-refractivity contribution < 1.29 is 27.4 Å². The summed E-state index contributed by atoms with van der Waals surface area (Å²) < 4.78 is 45.6. The van der Waals surface area contributed by atoms with Crippen LogP contribution in [-0.2, 0) is 19.6 Å². The molecule has 2 aromatic carbocycles. The van der Waals surface area contributed by atoms with Gasteiger partial charge in [0.1, 0.15) is 22.9 Å². The van der Waals surface area contributed by atoms with Crippen LogP contribution in [0.4, 0.5) is 11.4 Å². The van der Waals surface area contributed by atoms with Gasteiger partial charge in [-0.2, -0.15) is 0 Å². The Kier molecular flexibility index (Phi) is 8.71. The number of sulfonamides is 1. The van der Waals surface area contributed by atoms with Gasteiger partial charge in [-0.1, -0.05) is 43.7 Å². The van der Waals surface area contributed by atoms with E-state index in [1.54, 1.807) is 30.3 Å². The lowest BCUT2D eigenvalue weighted by molar-refractivity contribution is -0.119. The van der Waals surface area contributed by atoms with Gasteiger partial charge in [0.05, 0.1) is 32.1 Å². The van der Waals surface area contributed by atoms with Crippen LogP contribution in [0.3, 0.4) is 0 Å². The number of benzene rings is 2. The third-order valence-electron chi connectivity index (χ3n) is 6.35. The first-order valence-corrected chi connectivity index (χ1v) is 14.4. The fraction of sp³-hybridized carbons (Fsp3) is 0.481. The Morgan fingerprint density at radius 2 is 1.68 bits per heavy atom. The van der Waals surface area contributed by atoms with Crippen molar-refractivity contribution in [3.05, 3.63) is 48.0 Å². The molecule has 1 unspecified atom stereocenters. The van der Waals surface area contributed by atoms with E-state index in [1.165, 1.54) is 0 Å². The first-order chi connectivity index (χ1) is 17.9. The number of hydrogen-bond acceptors (Lipinski definition) is 8. The van der Waals surface area contributed by atoms with E-state index < -0.39 is 21.2 Å². The van der Waals surface area contributed by atoms with Crippen LogP contribution in [0.1, 0.15) is 44.4 Å². The standard InChI is InChI=1S/C27H35N3O6S/c1-4-7-13-30-27(31)25(26(37(30,32)33)20-11-9-8-10-12-20)28-21-18-24(36-6-3)22(19-23(21)35-5-2)29-14-16-34-17-15-29/h8-12,18-19,26H,4-7,13-17H2,1-3H3. The van der Waals surface area contributed by atoms with Crippen LogP contribution in [0.15, 0.2) is 47.5 Å². The number of rotatable bonds is 10. The highest BCUT2D eigenvalue weighted by Crippen LogP contribution is 2.43. The molecule has 0 aliphatic carbocycles. The lowest BCUT2D eigenvalue weighted by Crippen LogP contribution is -2.36. The molecule has 0 N–H and O–H groups in total. The van der Waals surface area contributed by atoms with Crippen molar-refractivity contribution in [1.82, 2.24) is 4.31 Å². The minimum absolute atomic E-state index is 0.0372. The summed E-state index contributed by atoms with van der Waals surface area (Å²) in [5.41, 5.74) is 1.68. The molecule has 2 saturated heterocycles. The van der Waals surface area contributed by atoms with E-state index in [9.17, 15) is 13.2 Å². The average molecular weight is 530 g/mol. The van der Waals surface area contributed by atoms with Crippen molar-refractivity contribution in [3.63, 3.8) is 0 Å². The minimum atomic E-state index is -3.98. The molecule has 37 heavy (non-hydrogen) atoms. The number of nitrogens with zero attached hydrogens (tertiary/aromatic N) is 3. The van der Waals surface area contributed by atoms with Gasteiger partial charge in [0, 0.05) is 31.8 Å². The fourth-order valence-electron chi connectivity index (χ4n) is 4.57. The maximum Gasteiger partial charge on any atom is 0.283 e. The highest BCUT2D eigenvalue weighted by molar-refractivity contribution is 7.91. The predicted octanol–water partition coefficient (Wildman–Crippen LogP) is 4.11. The topological polar surface area (TPSA) is 97.7 Å². The summed E-state index contributed by atoms with van der Waals surface area (Å²) in [6, 6.07) is 12.4. The van der Waals surface area contributed by atoms with Crippen LogP contribution in [0, 0.1) is 0 Å². The lowest BCUT2D eigenvalue weighted by atomic mass is 10.1. The summed E-state index contributed by atoms with van der Waals surface area (Å²) >= 11 is 0. The number of aliphatic imine (C=N–C) groups is 1. The molecule has 2 aliphatic rings. The van der Waals surface area contributed by atoms with Crippen molar-refractivity contribution in [2.24, 2.45) is 4.99 Å². The zero-order valence-corrected chi connectivity index (χ0v) is 22.5. The third kappa shape index (κ3) is 5.60. The molecule has 0 saturated carbocycles. The Balaban J connectivity index is 1.87. The Bertz CT molecular complexity index is 1230. The smallest absolute Gasteiger partial charge is 0.283 e. The number of morpholine rings is 1. The van der Waals surface area contributed by atoms with E-state index in [2.05, 4.69) is 4.90 Å². The molecule has 2 aliphatic heterocycles. The maximum absolute atomic E-state index is 13.6. The Morgan fingerprint density at radius 3 is 2.32 bits per heavy atom. The van der Waals surface area contributed by atoms with Gasteiger partial charge < -0.3 is 19.1 Å². The highest BCUT2D eigenvalue weighted by Gasteiger charge is 2.50. The average Bonchev–Trinajstić information content (AvgIpc) is 3.09. The fourth-order valence-corrected chi connectivity index (χ4v) is 6.47. The quantitative estimate of drug-likeness (QED) is 0.457. The molecule has 10 heteroatoms. The van der Waals surface area contributed by atoms with E-state index >= 15 is 0 Å². The molecule has 0 aromatic heterocycles. The largest absolute Gasteiger partial charge is 0.492 e. The van der Waals surface area contributed by atoms with E-state index in [-0.39, 0.29) is 12.3 Å². The molecule has 0 radical (unpaired) electrons. The van der Waals surface area contributed by atoms with Gasteiger partial charge in [-0.25, -0.2) is 17.7 Å². The van der Waals surface area contributed by atoms with Crippen molar-refractivity contribution in [2.45, 2.75) is 38.9 Å². The molecular weight excluding hydrogens is 494 g/mol. The van der Waals surface area contributed by atoms with Gasteiger partial charge in [-0.15, -0.1) is 0 Å². The number of carbonyl (C=O) groups excluding carboxylic acids is 1. The second-order valence-corrected chi connectivity index (χ2v) is 10.8. The number of amides is 1. The number of unbranched alkanes of at least 4 members (excludes halogenated alkanes) is 1. The van der Waals surface area contributed by atoms with Crippen LogP contribution in [-0.4, -0.2) is 70.4 Å². The summed E-state index contributed by atoms with van der Waals surface area (Å²) in [6.07, 6.45) is 1.34.